The highest BCUT2D eigenvalue weighted by molar-refractivity contribution is 14.0. The van der Waals surface area contributed by atoms with Gasteiger partial charge in [0.25, 0.3) is 0 Å². The van der Waals surface area contributed by atoms with E-state index in [0.29, 0.717) is 32.1 Å². The number of aliphatic imine (C=N–C) groups is 1. The molecular formula is C19H28BrIN4O3. The molecule has 1 aliphatic rings. The Morgan fingerprint density at radius 3 is 2.68 bits per heavy atom. The number of rotatable bonds is 6. The van der Waals surface area contributed by atoms with Crippen LogP contribution in [0.5, 0.6) is 0 Å². The van der Waals surface area contributed by atoms with Crippen LogP contribution in [0.15, 0.2) is 33.7 Å². The predicted octanol–water partition coefficient (Wildman–Crippen LogP) is 3.25. The zero-order chi connectivity index (χ0) is 19.6. The topological polar surface area (TPSA) is 83.0 Å². The maximum Gasteiger partial charge on any atom is 0.310 e. The molecule has 0 aromatic heterocycles. The Hall–Kier alpha value is -1.36. The molecule has 0 spiro atoms. The highest BCUT2D eigenvalue weighted by atomic mass is 127. The molecule has 0 aliphatic carbocycles. The molecule has 1 saturated heterocycles. The van der Waals surface area contributed by atoms with Crippen molar-refractivity contribution in [3.8, 4) is 0 Å². The van der Waals surface area contributed by atoms with Crippen LogP contribution in [0.3, 0.4) is 0 Å². The second kappa shape index (κ2) is 13.0. The van der Waals surface area contributed by atoms with Gasteiger partial charge in [-0.3, -0.25) is 14.6 Å². The normalized spacial score (nSPS) is 16.8. The van der Waals surface area contributed by atoms with E-state index < -0.39 is 0 Å². The summed E-state index contributed by atoms with van der Waals surface area (Å²) in [5.74, 6) is 0.369. The molecular weight excluding hydrogens is 539 g/mol. The zero-order valence-electron chi connectivity index (χ0n) is 16.2. The zero-order valence-corrected chi connectivity index (χ0v) is 20.2. The van der Waals surface area contributed by atoms with Crippen molar-refractivity contribution < 1.29 is 14.3 Å². The summed E-state index contributed by atoms with van der Waals surface area (Å²) in [6.07, 6.45) is 2.07. The van der Waals surface area contributed by atoms with Crippen molar-refractivity contribution in [1.82, 2.24) is 10.2 Å². The second-order valence-electron chi connectivity index (χ2n) is 6.32. The number of carbonyl (C=O) groups is 2. The number of nitrogens with zero attached hydrogens (tertiary/aromatic N) is 2. The number of guanidine groups is 1. The van der Waals surface area contributed by atoms with Gasteiger partial charge in [-0.1, -0.05) is 15.9 Å². The van der Waals surface area contributed by atoms with Crippen LogP contribution in [-0.2, 0) is 14.3 Å². The summed E-state index contributed by atoms with van der Waals surface area (Å²) in [6, 6.07) is 7.45. The van der Waals surface area contributed by atoms with E-state index in [1.165, 1.54) is 0 Å². The van der Waals surface area contributed by atoms with E-state index in [1.54, 1.807) is 7.05 Å². The summed E-state index contributed by atoms with van der Waals surface area (Å²) < 4.78 is 6.10. The van der Waals surface area contributed by atoms with Crippen LogP contribution in [0, 0.1) is 5.92 Å². The lowest BCUT2D eigenvalue weighted by Gasteiger charge is -2.33. The van der Waals surface area contributed by atoms with Crippen LogP contribution in [0.4, 0.5) is 5.69 Å². The minimum Gasteiger partial charge on any atom is -0.466 e. The number of hydrogen-bond donors (Lipinski definition) is 2. The number of ether oxygens (including phenoxy) is 1. The SMILES string of the molecule is CCOC(=O)C1CCCN(C(=NC)NCCC(=O)Nc2ccc(Br)cc2)C1.I. The minimum atomic E-state index is -0.147. The molecule has 1 amide bonds. The van der Waals surface area contributed by atoms with Crippen molar-refractivity contribution in [2.45, 2.75) is 26.2 Å². The average molecular weight is 567 g/mol. The Morgan fingerprint density at radius 2 is 2.04 bits per heavy atom. The van der Waals surface area contributed by atoms with E-state index >= 15 is 0 Å². The number of nitrogens with one attached hydrogen (secondary N) is 2. The molecule has 2 N–H and O–H groups in total. The molecule has 0 bridgehead atoms. The van der Waals surface area contributed by atoms with Crippen molar-refractivity contribution in [2.75, 3.05) is 38.6 Å². The van der Waals surface area contributed by atoms with Gasteiger partial charge in [-0.25, -0.2) is 0 Å². The first-order valence-corrected chi connectivity index (χ1v) is 10.0. The smallest absolute Gasteiger partial charge is 0.310 e. The summed E-state index contributed by atoms with van der Waals surface area (Å²) in [4.78, 5) is 30.4. The lowest BCUT2D eigenvalue weighted by Crippen LogP contribution is -2.48. The van der Waals surface area contributed by atoms with Gasteiger partial charge in [0.1, 0.15) is 0 Å². The maximum atomic E-state index is 12.1. The van der Waals surface area contributed by atoms with E-state index in [1.807, 2.05) is 31.2 Å². The molecule has 2 rings (SSSR count). The number of esters is 1. The monoisotopic (exact) mass is 566 g/mol. The number of hydrogen-bond acceptors (Lipinski definition) is 4. The van der Waals surface area contributed by atoms with Crippen LogP contribution >= 0.6 is 39.9 Å². The molecule has 0 radical (unpaired) electrons. The van der Waals surface area contributed by atoms with E-state index in [-0.39, 0.29) is 41.8 Å². The fourth-order valence-electron chi connectivity index (χ4n) is 3.00. The number of amides is 1. The third-order valence-corrected chi connectivity index (χ3v) is 4.84. The lowest BCUT2D eigenvalue weighted by atomic mass is 9.98. The highest BCUT2D eigenvalue weighted by Crippen LogP contribution is 2.18. The third-order valence-electron chi connectivity index (χ3n) is 4.32. The Bertz CT molecular complexity index is 670. The Morgan fingerprint density at radius 1 is 1.32 bits per heavy atom. The molecule has 156 valence electrons. The van der Waals surface area contributed by atoms with Gasteiger partial charge in [0.15, 0.2) is 5.96 Å². The first-order chi connectivity index (χ1) is 13.0. The molecule has 1 atom stereocenters. The predicted molar refractivity (Wildman–Crippen MR) is 125 cm³/mol. The molecule has 1 unspecified atom stereocenters. The minimum absolute atomic E-state index is 0. The van der Waals surface area contributed by atoms with E-state index in [0.717, 1.165) is 29.5 Å². The van der Waals surface area contributed by atoms with Gasteiger partial charge in [0.05, 0.1) is 12.5 Å². The van der Waals surface area contributed by atoms with Gasteiger partial charge in [0.2, 0.25) is 5.91 Å². The van der Waals surface area contributed by atoms with E-state index in [4.69, 9.17) is 4.74 Å². The fourth-order valence-corrected chi connectivity index (χ4v) is 3.26. The summed E-state index contributed by atoms with van der Waals surface area (Å²) in [7, 11) is 1.71. The van der Waals surface area contributed by atoms with Gasteiger partial charge >= 0.3 is 5.97 Å². The van der Waals surface area contributed by atoms with Gasteiger partial charge in [-0.05, 0) is 44.0 Å². The molecule has 0 saturated carbocycles. The van der Waals surface area contributed by atoms with Crippen molar-refractivity contribution in [1.29, 1.82) is 0 Å². The number of likely N-dealkylation sites (tertiary alicyclic amines) is 1. The van der Waals surface area contributed by atoms with Crippen molar-refractivity contribution in [3.63, 3.8) is 0 Å². The Labute approximate surface area is 191 Å². The van der Waals surface area contributed by atoms with Crippen molar-refractivity contribution in [2.24, 2.45) is 10.9 Å². The van der Waals surface area contributed by atoms with E-state index in [9.17, 15) is 9.59 Å². The van der Waals surface area contributed by atoms with Gasteiger partial charge in [-0.15, -0.1) is 24.0 Å². The van der Waals surface area contributed by atoms with Gasteiger partial charge in [0, 0.05) is 43.3 Å². The molecule has 1 heterocycles. The number of carbonyl (C=O) groups excluding carboxylic acids is 2. The van der Waals surface area contributed by atoms with Gasteiger partial charge in [-0.2, -0.15) is 0 Å². The molecule has 1 aliphatic heterocycles. The molecule has 28 heavy (non-hydrogen) atoms. The average Bonchev–Trinajstić information content (AvgIpc) is 2.67. The highest BCUT2D eigenvalue weighted by Gasteiger charge is 2.28. The standard InChI is InChI=1S/C19H27BrN4O3.HI/c1-3-27-18(26)14-5-4-12-24(13-14)19(21-2)22-11-10-17(25)23-16-8-6-15(20)7-9-16;/h6-9,14H,3-5,10-13H2,1-2H3,(H,21,22)(H,23,25);1H. The number of halogens is 2. The number of piperidine rings is 1. The third kappa shape index (κ3) is 7.94. The summed E-state index contributed by atoms with van der Waals surface area (Å²) >= 11 is 3.37. The van der Waals surface area contributed by atoms with Gasteiger partial charge < -0.3 is 20.3 Å². The van der Waals surface area contributed by atoms with Crippen LogP contribution in [0.2, 0.25) is 0 Å². The van der Waals surface area contributed by atoms with Crippen LogP contribution in [0.1, 0.15) is 26.2 Å². The molecule has 1 aromatic carbocycles. The molecule has 9 heteroatoms. The Balaban J connectivity index is 0.00000392. The summed E-state index contributed by atoms with van der Waals surface area (Å²) in [5, 5.41) is 6.07. The molecule has 1 fully saturated rings. The van der Waals surface area contributed by atoms with Crippen molar-refractivity contribution >= 4 is 63.4 Å². The summed E-state index contributed by atoms with van der Waals surface area (Å²) in [6.45, 7) is 4.11. The van der Waals surface area contributed by atoms with Crippen LogP contribution in [-0.4, -0.2) is 56.0 Å². The quantitative estimate of drug-likeness (QED) is 0.239. The first kappa shape index (κ1) is 24.7. The van der Waals surface area contributed by atoms with E-state index in [2.05, 4.69) is 36.5 Å². The Kier molecular flexibility index (Phi) is 11.4. The largest absolute Gasteiger partial charge is 0.466 e. The van der Waals surface area contributed by atoms with Crippen LogP contribution in [0.25, 0.3) is 0 Å². The molecule has 7 nitrogen and oxygen atoms in total. The number of benzene rings is 1. The maximum absolute atomic E-state index is 12.1. The number of anilines is 1. The summed E-state index contributed by atoms with van der Waals surface area (Å²) in [5.41, 5.74) is 0.765. The second-order valence-corrected chi connectivity index (χ2v) is 7.23. The fraction of sp³-hybridized carbons (Fsp3) is 0.526. The first-order valence-electron chi connectivity index (χ1n) is 9.21. The van der Waals surface area contributed by atoms with Crippen molar-refractivity contribution in [3.05, 3.63) is 28.7 Å². The molecule has 1 aromatic rings. The van der Waals surface area contributed by atoms with Crippen LogP contribution < -0.4 is 10.6 Å². The lowest BCUT2D eigenvalue weighted by molar-refractivity contribution is -0.149.